The van der Waals surface area contributed by atoms with Gasteiger partial charge in [0.25, 0.3) is 0 Å². The predicted molar refractivity (Wildman–Crippen MR) is 75.8 cm³/mol. The van der Waals surface area contributed by atoms with Crippen LogP contribution in [0, 0.1) is 0 Å². The average molecular weight is 269 g/mol. The zero-order valence-corrected chi connectivity index (χ0v) is 11.5. The van der Waals surface area contributed by atoms with Crippen molar-refractivity contribution in [2.45, 2.75) is 37.5 Å². The summed E-state index contributed by atoms with van der Waals surface area (Å²) in [4.78, 5) is 17.9. The van der Waals surface area contributed by atoms with E-state index in [4.69, 9.17) is 4.98 Å². The molecule has 0 radical (unpaired) electrons. The molecule has 0 N–H and O–H groups in total. The Labute approximate surface area is 116 Å². The third-order valence-corrected chi connectivity index (χ3v) is 5.57. The van der Waals surface area contributed by atoms with Gasteiger partial charge in [0.05, 0.1) is 0 Å². The number of ketones is 1. The molecule has 3 heteroatoms. The number of nitrogens with zero attached hydrogens (tertiary/aromatic N) is 1. The zero-order valence-electron chi connectivity index (χ0n) is 10.7. The fourth-order valence-corrected chi connectivity index (χ4v) is 4.37. The summed E-state index contributed by atoms with van der Waals surface area (Å²) in [5.41, 5.74) is 2.24. The first-order valence-corrected chi connectivity index (χ1v) is 7.70. The maximum atomic E-state index is 11.9. The number of benzene rings is 1. The van der Waals surface area contributed by atoms with Gasteiger partial charge in [-0.15, -0.1) is 11.3 Å². The van der Waals surface area contributed by atoms with E-state index in [9.17, 15) is 4.79 Å². The van der Waals surface area contributed by atoms with E-state index >= 15 is 0 Å². The van der Waals surface area contributed by atoms with Crippen molar-refractivity contribution in [3.8, 4) is 0 Å². The lowest BCUT2D eigenvalue weighted by Crippen LogP contribution is -2.11. The lowest BCUT2D eigenvalue weighted by molar-refractivity contribution is 0.0968. The molecule has 0 bridgehead atoms. The summed E-state index contributed by atoms with van der Waals surface area (Å²) in [6.45, 7) is 0. The van der Waals surface area contributed by atoms with Crippen molar-refractivity contribution in [3.05, 3.63) is 51.5 Å². The molecule has 0 atom stereocenters. The van der Waals surface area contributed by atoms with E-state index in [1.54, 1.807) is 11.3 Å². The lowest BCUT2D eigenvalue weighted by Gasteiger charge is -2.11. The van der Waals surface area contributed by atoms with E-state index in [-0.39, 0.29) is 11.2 Å². The molecule has 0 amide bonds. The van der Waals surface area contributed by atoms with E-state index in [1.807, 2.05) is 0 Å². The second-order valence-corrected chi connectivity index (χ2v) is 6.60. The van der Waals surface area contributed by atoms with Crippen molar-refractivity contribution in [1.82, 2.24) is 4.98 Å². The highest BCUT2D eigenvalue weighted by Gasteiger charge is 2.49. The third kappa shape index (κ3) is 1.68. The van der Waals surface area contributed by atoms with Gasteiger partial charge < -0.3 is 0 Å². The molecule has 2 aliphatic rings. The highest BCUT2D eigenvalue weighted by Crippen LogP contribution is 2.55. The van der Waals surface area contributed by atoms with Gasteiger partial charge in [-0.05, 0) is 31.2 Å². The second kappa shape index (κ2) is 4.01. The van der Waals surface area contributed by atoms with Crippen LogP contribution in [-0.4, -0.2) is 10.8 Å². The number of thiazole rings is 1. The van der Waals surface area contributed by atoms with Crippen molar-refractivity contribution in [2.75, 3.05) is 0 Å². The number of aryl methyl sites for hydroxylation is 1. The van der Waals surface area contributed by atoms with Gasteiger partial charge in [-0.1, -0.05) is 30.3 Å². The normalized spacial score (nSPS) is 20.1. The number of carbonyl (C=O) groups excluding carboxylic acids is 1. The van der Waals surface area contributed by atoms with Crippen LogP contribution in [0.3, 0.4) is 0 Å². The van der Waals surface area contributed by atoms with Gasteiger partial charge >= 0.3 is 0 Å². The first-order valence-electron chi connectivity index (χ1n) is 6.88. The quantitative estimate of drug-likeness (QED) is 0.831. The van der Waals surface area contributed by atoms with Crippen LogP contribution in [0.1, 0.15) is 51.6 Å². The monoisotopic (exact) mass is 269 g/mol. The molecule has 96 valence electrons. The Morgan fingerprint density at radius 2 is 1.89 bits per heavy atom. The van der Waals surface area contributed by atoms with Gasteiger partial charge in [0.2, 0.25) is 0 Å². The summed E-state index contributed by atoms with van der Waals surface area (Å²) in [7, 11) is 0. The third-order valence-electron chi connectivity index (χ3n) is 4.25. The SMILES string of the molecule is O=C1CCCc2sc(C3(c4ccccc4)CC3)nc21. The molecule has 4 rings (SSSR count). The summed E-state index contributed by atoms with van der Waals surface area (Å²) in [5, 5.41) is 1.17. The van der Waals surface area contributed by atoms with Crippen LogP contribution in [0.25, 0.3) is 0 Å². The maximum Gasteiger partial charge on any atom is 0.182 e. The maximum absolute atomic E-state index is 11.9. The Kier molecular flexibility index (Phi) is 2.39. The van der Waals surface area contributed by atoms with E-state index in [0.29, 0.717) is 6.42 Å². The molecule has 1 fully saturated rings. The van der Waals surface area contributed by atoms with Crippen LogP contribution >= 0.6 is 11.3 Å². The fraction of sp³-hybridized carbons (Fsp3) is 0.375. The molecule has 2 aromatic rings. The Morgan fingerprint density at radius 3 is 2.58 bits per heavy atom. The molecular formula is C16H15NOS. The van der Waals surface area contributed by atoms with Gasteiger partial charge in [-0.25, -0.2) is 4.98 Å². The van der Waals surface area contributed by atoms with Crippen LogP contribution < -0.4 is 0 Å². The summed E-state index contributed by atoms with van der Waals surface area (Å²) in [6, 6.07) is 10.6. The van der Waals surface area contributed by atoms with Crippen molar-refractivity contribution in [1.29, 1.82) is 0 Å². The zero-order chi connectivity index (χ0) is 12.9. The first-order chi connectivity index (χ1) is 9.29. The Balaban J connectivity index is 1.79. The minimum absolute atomic E-state index is 0.115. The number of hydrogen-bond donors (Lipinski definition) is 0. The van der Waals surface area contributed by atoms with E-state index in [0.717, 1.165) is 31.4 Å². The van der Waals surface area contributed by atoms with Gasteiger partial charge in [0.1, 0.15) is 10.7 Å². The van der Waals surface area contributed by atoms with Crippen LogP contribution in [-0.2, 0) is 11.8 Å². The average Bonchev–Trinajstić information content (AvgIpc) is 3.14. The summed E-state index contributed by atoms with van der Waals surface area (Å²) in [5.74, 6) is 0.243. The Morgan fingerprint density at radius 1 is 1.11 bits per heavy atom. The highest BCUT2D eigenvalue weighted by molar-refractivity contribution is 7.12. The molecule has 0 spiro atoms. The van der Waals surface area contributed by atoms with Crippen molar-refractivity contribution >= 4 is 17.1 Å². The molecule has 2 aliphatic carbocycles. The summed E-state index contributed by atoms with van der Waals surface area (Å²) in [6.07, 6.45) is 5.03. The molecule has 2 nitrogen and oxygen atoms in total. The van der Waals surface area contributed by atoms with Crippen LogP contribution in [0.15, 0.2) is 30.3 Å². The molecule has 1 heterocycles. The van der Waals surface area contributed by atoms with Crippen molar-refractivity contribution in [2.24, 2.45) is 0 Å². The topological polar surface area (TPSA) is 30.0 Å². The lowest BCUT2D eigenvalue weighted by atomic mass is 9.96. The molecule has 1 saturated carbocycles. The number of rotatable bonds is 2. The van der Waals surface area contributed by atoms with Gasteiger partial charge in [0.15, 0.2) is 5.78 Å². The number of aromatic nitrogens is 1. The minimum atomic E-state index is 0.115. The van der Waals surface area contributed by atoms with Gasteiger partial charge in [-0.3, -0.25) is 4.79 Å². The molecule has 1 aromatic heterocycles. The number of hydrogen-bond acceptors (Lipinski definition) is 3. The van der Waals surface area contributed by atoms with Crippen LogP contribution in [0.2, 0.25) is 0 Å². The van der Waals surface area contributed by atoms with Gasteiger partial charge in [-0.2, -0.15) is 0 Å². The van der Waals surface area contributed by atoms with Crippen molar-refractivity contribution in [3.63, 3.8) is 0 Å². The Hall–Kier alpha value is -1.48. The van der Waals surface area contributed by atoms with Gasteiger partial charge in [0, 0.05) is 16.7 Å². The number of Topliss-reactive ketones (excluding diaryl/α,β-unsaturated/α-hetero) is 1. The standard InChI is InChI=1S/C16H15NOS/c18-12-7-4-8-13-14(12)17-15(19-13)16(9-10-16)11-5-2-1-3-6-11/h1-3,5-6H,4,7-10H2. The molecule has 0 aliphatic heterocycles. The molecule has 0 saturated heterocycles. The van der Waals surface area contributed by atoms with Crippen LogP contribution in [0.4, 0.5) is 0 Å². The fourth-order valence-electron chi connectivity index (χ4n) is 2.98. The van der Waals surface area contributed by atoms with E-state index in [1.165, 1.54) is 15.4 Å². The number of carbonyl (C=O) groups is 1. The highest BCUT2D eigenvalue weighted by atomic mass is 32.1. The van der Waals surface area contributed by atoms with Crippen LogP contribution in [0.5, 0.6) is 0 Å². The molecule has 1 aromatic carbocycles. The van der Waals surface area contributed by atoms with Crippen molar-refractivity contribution < 1.29 is 4.79 Å². The summed E-state index contributed by atoms with van der Waals surface area (Å²) < 4.78 is 0. The number of fused-ring (bicyclic) bond motifs is 1. The molecule has 0 unspecified atom stereocenters. The second-order valence-electron chi connectivity index (χ2n) is 5.52. The Bertz CT molecular complexity index is 640. The largest absolute Gasteiger partial charge is 0.292 e. The summed E-state index contributed by atoms with van der Waals surface area (Å²) >= 11 is 1.77. The van der Waals surface area contributed by atoms with E-state index < -0.39 is 0 Å². The predicted octanol–water partition coefficient (Wildman–Crippen LogP) is 3.74. The van der Waals surface area contributed by atoms with E-state index in [2.05, 4.69) is 30.3 Å². The minimum Gasteiger partial charge on any atom is -0.292 e. The molecular weight excluding hydrogens is 254 g/mol. The smallest absolute Gasteiger partial charge is 0.182 e. The first kappa shape index (κ1) is 11.4. The molecule has 19 heavy (non-hydrogen) atoms.